The minimum atomic E-state index is -1.06. The van der Waals surface area contributed by atoms with Crippen molar-refractivity contribution < 1.29 is 14.7 Å². The van der Waals surface area contributed by atoms with Crippen LogP contribution in [0.15, 0.2) is 72.8 Å². The zero-order valence-electron chi connectivity index (χ0n) is 19.4. The molecule has 4 aromatic rings. The summed E-state index contributed by atoms with van der Waals surface area (Å²) in [5.41, 5.74) is 4.41. The van der Waals surface area contributed by atoms with Gasteiger partial charge < -0.3 is 15.3 Å². The SMILES string of the molecule is Cc1ccc2nc(N3CCC(C(=O)Nc4ccccc4C(=O)O)CC3)nc(-c3ccccc3)c2c1. The van der Waals surface area contributed by atoms with Gasteiger partial charge in [-0.3, -0.25) is 4.79 Å². The number of benzene rings is 3. The average molecular weight is 467 g/mol. The molecule has 1 aliphatic heterocycles. The standard InChI is InChI=1S/C28H26N4O3/c1-18-11-12-24-22(17-18)25(19-7-3-2-4-8-19)31-28(30-24)32-15-13-20(14-16-32)26(33)29-23-10-6-5-9-21(23)27(34)35/h2-12,17,20H,13-16H2,1H3,(H,29,33)(H,34,35). The van der Waals surface area contributed by atoms with E-state index in [-0.39, 0.29) is 17.4 Å². The second-order valence-electron chi connectivity index (χ2n) is 8.86. The Hall–Kier alpha value is -4.26. The third-order valence-electron chi connectivity index (χ3n) is 6.45. The van der Waals surface area contributed by atoms with Crippen molar-refractivity contribution in [1.29, 1.82) is 0 Å². The van der Waals surface area contributed by atoms with Gasteiger partial charge in [0.05, 0.1) is 22.5 Å². The number of hydrogen-bond acceptors (Lipinski definition) is 5. The number of hydrogen-bond donors (Lipinski definition) is 2. The maximum absolute atomic E-state index is 12.9. The Labute approximate surface area is 203 Å². The number of para-hydroxylation sites is 1. The molecule has 0 bridgehead atoms. The van der Waals surface area contributed by atoms with Crippen LogP contribution >= 0.6 is 0 Å². The number of aromatic nitrogens is 2. The van der Waals surface area contributed by atoms with Gasteiger partial charge in [0.1, 0.15) is 0 Å². The monoisotopic (exact) mass is 466 g/mol. The van der Waals surface area contributed by atoms with Crippen molar-refractivity contribution in [3.05, 3.63) is 83.9 Å². The van der Waals surface area contributed by atoms with E-state index in [1.165, 1.54) is 6.07 Å². The molecule has 1 aromatic heterocycles. The molecule has 1 aliphatic rings. The van der Waals surface area contributed by atoms with E-state index in [2.05, 4.69) is 41.4 Å². The number of rotatable bonds is 5. The largest absolute Gasteiger partial charge is 0.478 e. The van der Waals surface area contributed by atoms with E-state index in [0.29, 0.717) is 37.6 Å². The first kappa shape index (κ1) is 22.5. The number of amides is 1. The lowest BCUT2D eigenvalue weighted by molar-refractivity contribution is -0.120. The van der Waals surface area contributed by atoms with Gasteiger partial charge in [-0.2, -0.15) is 0 Å². The van der Waals surface area contributed by atoms with Crippen molar-refractivity contribution in [3.8, 4) is 11.3 Å². The highest BCUT2D eigenvalue weighted by atomic mass is 16.4. The first-order valence-corrected chi connectivity index (χ1v) is 11.7. The molecule has 2 N–H and O–H groups in total. The second kappa shape index (κ2) is 9.54. The van der Waals surface area contributed by atoms with E-state index in [1.54, 1.807) is 18.2 Å². The molecule has 1 fully saturated rings. The molecule has 2 heterocycles. The quantitative estimate of drug-likeness (QED) is 0.422. The van der Waals surface area contributed by atoms with Gasteiger partial charge >= 0.3 is 5.97 Å². The summed E-state index contributed by atoms with van der Waals surface area (Å²) in [6.45, 7) is 3.35. The molecule has 5 rings (SSSR count). The summed E-state index contributed by atoms with van der Waals surface area (Å²) in [6, 6.07) is 22.8. The summed E-state index contributed by atoms with van der Waals surface area (Å²) in [5.74, 6) is -0.757. The lowest BCUT2D eigenvalue weighted by atomic mass is 9.95. The van der Waals surface area contributed by atoms with Gasteiger partial charge in [-0.05, 0) is 44.0 Å². The highest BCUT2D eigenvalue weighted by Gasteiger charge is 2.27. The van der Waals surface area contributed by atoms with Crippen molar-refractivity contribution in [2.45, 2.75) is 19.8 Å². The summed E-state index contributed by atoms with van der Waals surface area (Å²) >= 11 is 0. The fourth-order valence-corrected chi connectivity index (χ4v) is 4.54. The second-order valence-corrected chi connectivity index (χ2v) is 8.86. The predicted octanol–water partition coefficient (Wildman–Crippen LogP) is 5.16. The number of anilines is 2. The Balaban J connectivity index is 1.35. The van der Waals surface area contributed by atoms with Gasteiger partial charge in [-0.1, -0.05) is 54.1 Å². The fraction of sp³-hybridized carbons (Fsp3) is 0.214. The molecule has 35 heavy (non-hydrogen) atoms. The molecule has 0 unspecified atom stereocenters. The van der Waals surface area contributed by atoms with Crippen molar-refractivity contribution in [2.75, 3.05) is 23.3 Å². The first-order valence-electron chi connectivity index (χ1n) is 11.7. The van der Waals surface area contributed by atoms with Crippen LogP contribution in [0.5, 0.6) is 0 Å². The van der Waals surface area contributed by atoms with Crippen molar-refractivity contribution in [1.82, 2.24) is 9.97 Å². The van der Waals surface area contributed by atoms with E-state index in [1.807, 2.05) is 24.3 Å². The summed E-state index contributed by atoms with van der Waals surface area (Å²) in [4.78, 5) is 36.2. The normalized spacial score (nSPS) is 14.1. The topological polar surface area (TPSA) is 95.4 Å². The maximum atomic E-state index is 12.9. The smallest absolute Gasteiger partial charge is 0.337 e. The van der Waals surface area contributed by atoms with Crippen LogP contribution in [0.25, 0.3) is 22.2 Å². The summed E-state index contributed by atoms with van der Waals surface area (Å²) < 4.78 is 0. The Morgan fingerprint density at radius 3 is 2.40 bits per heavy atom. The number of fused-ring (bicyclic) bond motifs is 1. The Morgan fingerprint density at radius 2 is 1.66 bits per heavy atom. The van der Waals surface area contributed by atoms with E-state index < -0.39 is 5.97 Å². The van der Waals surface area contributed by atoms with Crippen molar-refractivity contribution in [2.24, 2.45) is 5.92 Å². The Morgan fingerprint density at radius 1 is 0.943 bits per heavy atom. The van der Waals surface area contributed by atoms with Crippen LogP contribution in [-0.2, 0) is 4.79 Å². The Kier molecular flexibility index (Phi) is 6.14. The lowest BCUT2D eigenvalue weighted by Gasteiger charge is -2.31. The van der Waals surface area contributed by atoms with Gasteiger partial charge in [-0.25, -0.2) is 14.8 Å². The minimum Gasteiger partial charge on any atom is -0.478 e. The fourth-order valence-electron chi connectivity index (χ4n) is 4.54. The number of aromatic carboxylic acids is 1. The van der Waals surface area contributed by atoms with Gasteiger partial charge in [0.2, 0.25) is 11.9 Å². The lowest BCUT2D eigenvalue weighted by Crippen LogP contribution is -2.39. The third-order valence-corrected chi connectivity index (χ3v) is 6.45. The van der Waals surface area contributed by atoms with Crippen LogP contribution in [0.1, 0.15) is 28.8 Å². The number of carbonyl (C=O) groups is 2. The molecule has 0 radical (unpaired) electrons. The molecule has 1 saturated heterocycles. The number of nitrogens with zero attached hydrogens (tertiary/aromatic N) is 3. The number of carboxylic acids is 1. The Bertz CT molecular complexity index is 1400. The van der Waals surface area contributed by atoms with Crippen LogP contribution < -0.4 is 10.2 Å². The van der Waals surface area contributed by atoms with E-state index >= 15 is 0 Å². The van der Waals surface area contributed by atoms with Crippen LogP contribution in [0.2, 0.25) is 0 Å². The van der Waals surface area contributed by atoms with Gasteiger partial charge in [0.25, 0.3) is 0 Å². The average Bonchev–Trinajstić information content (AvgIpc) is 2.89. The van der Waals surface area contributed by atoms with Crippen LogP contribution in [-0.4, -0.2) is 40.0 Å². The molecule has 7 heteroatoms. The van der Waals surface area contributed by atoms with Gasteiger partial charge in [0, 0.05) is 30.0 Å². The molecule has 0 atom stereocenters. The zero-order valence-corrected chi connectivity index (χ0v) is 19.4. The predicted molar refractivity (Wildman–Crippen MR) is 137 cm³/mol. The summed E-state index contributed by atoms with van der Waals surface area (Å²) in [6.07, 6.45) is 1.27. The maximum Gasteiger partial charge on any atom is 0.337 e. The van der Waals surface area contributed by atoms with Crippen LogP contribution in [0, 0.1) is 12.8 Å². The molecule has 0 spiro atoms. The molecular weight excluding hydrogens is 440 g/mol. The zero-order chi connectivity index (χ0) is 24.4. The van der Waals surface area contributed by atoms with E-state index in [4.69, 9.17) is 9.97 Å². The van der Waals surface area contributed by atoms with Crippen LogP contribution in [0.3, 0.4) is 0 Å². The number of carboxylic acid groups (broad SMARTS) is 1. The molecular formula is C28H26N4O3. The first-order chi connectivity index (χ1) is 17.0. The number of carbonyl (C=O) groups excluding carboxylic acids is 1. The molecule has 0 aliphatic carbocycles. The number of aryl methyl sites for hydroxylation is 1. The van der Waals surface area contributed by atoms with Crippen LogP contribution in [0.4, 0.5) is 11.6 Å². The van der Waals surface area contributed by atoms with Gasteiger partial charge in [-0.15, -0.1) is 0 Å². The molecule has 7 nitrogen and oxygen atoms in total. The number of piperidine rings is 1. The molecule has 3 aromatic carbocycles. The summed E-state index contributed by atoms with van der Waals surface area (Å²) in [7, 11) is 0. The van der Waals surface area contributed by atoms with Crippen molar-refractivity contribution in [3.63, 3.8) is 0 Å². The van der Waals surface area contributed by atoms with E-state index in [0.717, 1.165) is 27.7 Å². The number of nitrogens with one attached hydrogen (secondary N) is 1. The highest BCUT2D eigenvalue weighted by Crippen LogP contribution is 2.31. The molecule has 1 amide bonds. The van der Waals surface area contributed by atoms with Gasteiger partial charge in [0.15, 0.2) is 0 Å². The summed E-state index contributed by atoms with van der Waals surface area (Å²) in [5, 5.41) is 13.2. The minimum absolute atomic E-state index is 0.0894. The van der Waals surface area contributed by atoms with E-state index in [9.17, 15) is 14.7 Å². The third kappa shape index (κ3) is 4.71. The molecule has 176 valence electrons. The van der Waals surface area contributed by atoms with Crippen molar-refractivity contribution >= 4 is 34.4 Å². The molecule has 0 saturated carbocycles. The highest BCUT2D eigenvalue weighted by molar-refractivity contribution is 6.01.